The van der Waals surface area contributed by atoms with Crippen LogP contribution >= 0.6 is 11.6 Å². The summed E-state index contributed by atoms with van der Waals surface area (Å²) >= 11 is 6.16. The molecule has 0 atom stereocenters. The van der Waals surface area contributed by atoms with E-state index in [1.807, 2.05) is 65.2 Å². The van der Waals surface area contributed by atoms with Gasteiger partial charge in [-0.2, -0.15) is 0 Å². The van der Waals surface area contributed by atoms with Crippen LogP contribution in [0.5, 0.6) is 0 Å². The standard InChI is InChI=1S/C21H17ClN4O/c22-17-6-2-1-5-16(17)13-24-20(27)14-26-19-8-4-3-7-18(19)25-21(26)15-9-11-23-12-10-15/h1-12H,13-14H2,(H,24,27). The molecule has 0 radical (unpaired) electrons. The quantitative estimate of drug-likeness (QED) is 0.571. The average Bonchev–Trinajstić information content (AvgIpc) is 3.06. The van der Waals surface area contributed by atoms with Crippen molar-refractivity contribution in [1.29, 1.82) is 0 Å². The third kappa shape index (κ3) is 3.68. The van der Waals surface area contributed by atoms with Gasteiger partial charge in [-0.05, 0) is 35.9 Å². The monoisotopic (exact) mass is 376 g/mol. The molecule has 0 bridgehead atoms. The molecular weight excluding hydrogens is 360 g/mol. The molecule has 4 aromatic rings. The maximum absolute atomic E-state index is 12.6. The maximum Gasteiger partial charge on any atom is 0.240 e. The number of para-hydroxylation sites is 2. The summed E-state index contributed by atoms with van der Waals surface area (Å²) < 4.78 is 1.92. The number of nitrogens with one attached hydrogen (secondary N) is 1. The van der Waals surface area contributed by atoms with Gasteiger partial charge in [0.15, 0.2) is 0 Å². The Morgan fingerprint density at radius 2 is 1.74 bits per heavy atom. The van der Waals surface area contributed by atoms with Crippen LogP contribution in [0, 0.1) is 0 Å². The molecule has 27 heavy (non-hydrogen) atoms. The minimum Gasteiger partial charge on any atom is -0.350 e. The predicted octanol–water partition coefficient (Wildman–Crippen LogP) is 4.07. The van der Waals surface area contributed by atoms with Crippen molar-refractivity contribution in [3.8, 4) is 11.4 Å². The second kappa shape index (κ2) is 7.60. The molecule has 0 saturated carbocycles. The van der Waals surface area contributed by atoms with E-state index in [0.717, 1.165) is 28.0 Å². The first-order valence-electron chi connectivity index (χ1n) is 8.58. The first-order valence-corrected chi connectivity index (χ1v) is 8.96. The molecule has 0 aliphatic rings. The number of fused-ring (bicyclic) bond motifs is 1. The molecule has 0 aliphatic carbocycles. The summed E-state index contributed by atoms with van der Waals surface area (Å²) in [6, 6.07) is 19.0. The molecule has 2 aromatic carbocycles. The number of carbonyl (C=O) groups excluding carboxylic acids is 1. The number of pyridine rings is 1. The van der Waals surface area contributed by atoms with Crippen LogP contribution in [0.2, 0.25) is 5.02 Å². The Kier molecular flexibility index (Phi) is 4.85. The SMILES string of the molecule is O=C(Cn1c(-c2ccncc2)nc2ccccc21)NCc1ccccc1Cl. The molecule has 0 fully saturated rings. The van der Waals surface area contributed by atoms with Crippen molar-refractivity contribution in [2.75, 3.05) is 0 Å². The van der Waals surface area contributed by atoms with Crippen LogP contribution < -0.4 is 5.32 Å². The summed E-state index contributed by atoms with van der Waals surface area (Å²) in [6.07, 6.45) is 3.44. The van der Waals surface area contributed by atoms with E-state index in [1.54, 1.807) is 12.4 Å². The first kappa shape index (κ1) is 17.2. The lowest BCUT2D eigenvalue weighted by atomic mass is 10.2. The Morgan fingerprint density at radius 3 is 2.56 bits per heavy atom. The molecule has 134 valence electrons. The van der Waals surface area contributed by atoms with E-state index >= 15 is 0 Å². The van der Waals surface area contributed by atoms with Crippen molar-refractivity contribution in [1.82, 2.24) is 19.9 Å². The van der Waals surface area contributed by atoms with Crippen LogP contribution in [0.15, 0.2) is 73.1 Å². The molecule has 1 N–H and O–H groups in total. The number of hydrogen-bond donors (Lipinski definition) is 1. The number of nitrogens with zero attached hydrogens (tertiary/aromatic N) is 3. The van der Waals surface area contributed by atoms with Gasteiger partial charge in [-0.15, -0.1) is 0 Å². The van der Waals surface area contributed by atoms with E-state index in [2.05, 4.69) is 10.3 Å². The van der Waals surface area contributed by atoms with Gasteiger partial charge in [0.25, 0.3) is 0 Å². The summed E-state index contributed by atoms with van der Waals surface area (Å²) in [6.45, 7) is 0.554. The van der Waals surface area contributed by atoms with Crippen molar-refractivity contribution < 1.29 is 4.79 Å². The van der Waals surface area contributed by atoms with Crippen molar-refractivity contribution in [3.05, 3.63) is 83.6 Å². The number of carbonyl (C=O) groups is 1. The zero-order valence-corrected chi connectivity index (χ0v) is 15.2. The smallest absolute Gasteiger partial charge is 0.240 e. The highest BCUT2D eigenvalue weighted by Gasteiger charge is 2.15. The van der Waals surface area contributed by atoms with Crippen LogP contribution in [0.25, 0.3) is 22.4 Å². The van der Waals surface area contributed by atoms with Gasteiger partial charge < -0.3 is 9.88 Å². The number of aromatic nitrogens is 3. The van der Waals surface area contributed by atoms with Gasteiger partial charge in [0.1, 0.15) is 12.4 Å². The zero-order chi connectivity index (χ0) is 18.6. The zero-order valence-electron chi connectivity index (χ0n) is 14.5. The first-order chi connectivity index (χ1) is 13.2. The number of hydrogen-bond acceptors (Lipinski definition) is 3. The van der Waals surface area contributed by atoms with Crippen LogP contribution in [-0.2, 0) is 17.9 Å². The Labute approximate surface area is 161 Å². The van der Waals surface area contributed by atoms with Gasteiger partial charge in [0, 0.05) is 29.5 Å². The number of halogens is 1. The van der Waals surface area contributed by atoms with Crippen molar-refractivity contribution in [3.63, 3.8) is 0 Å². The number of imidazole rings is 1. The highest BCUT2D eigenvalue weighted by atomic mass is 35.5. The van der Waals surface area contributed by atoms with Crippen molar-refractivity contribution in [2.45, 2.75) is 13.1 Å². The largest absolute Gasteiger partial charge is 0.350 e. The molecule has 0 saturated heterocycles. The van der Waals surface area contributed by atoms with Crippen LogP contribution in [0.4, 0.5) is 0 Å². The molecule has 6 heteroatoms. The summed E-state index contributed by atoms with van der Waals surface area (Å²) in [7, 11) is 0. The van der Waals surface area contributed by atoms with Crippen molar-refractivity contribution in [2.24, 2.45) is 0 Å². The second-order valence-electron chi connectivity index (χ2n) is 6.11. The van der Waals surface area contributed by atoms with Gasteiger partial charge in [-0.1, -0.05) is 41.9 Å². The average molecular weight is 377 g/mol. The lowest BCUT2D eigenvalue weighted by Crippen LogP contribution is -2.27. The van der Waals surface area contributed by atoms with E-state index in [-0.39, 0.29) is 12.5 Å². The Hall–Kier alpha value is -3.18. The summed E-state index contributed by atoms with van der Waals surface area (Å²) in [5.74, 6) is 0.639. The minimum atomic E-state index is -0.103. The molecule has 0 unspecified atom stereocenters. The summed E-state index contributed by atoms with van der Waals surface area (Å²) in [5.41, 5.74) is 3.57. The number of benzene rings is 2. The fourth-order valence-electron chi connectivity index (χ4n) is 2.99. The van der Waals surface area contributed by atoms with Gasteiger partial charge in [0.2, 0.25) is 5.91 Å². The molecule has 4 rings (SSSR count). The minimum absolute atomic E-state index is 0.103. The molecule has 1 amide bonds. The normalized spacial score (nSPS) is 10.9. The van der Waals surface area contributed by atoms with Crippen LogP contribution in [0.3, 0.4) is 0 Å². The fraction of sp³-hybridized carbons (Fsp3) is 0.0952. The van der Waals surface area contributed by atoms with Gasteiger partial charge in [-0.3, -0.25) is 9.78 Å². The molecule has 0 spiro atoms. The molecule has 5 nitrogen and oxygen atoms in total. The van der Waals surface area contributed by atoms with Gasteiger partial charge in [0.05, 0.1) is 11.0 Å². The Balaban J connectivity index is 1.61. The molecule has 2 aromatic heterocycles. The van der Waals surface area contributed by atoms with Gasteiger partial charge >= 0.3 is 0 Å². The number of amides is 1. The van der Waals surface area contributed by atoms with E-state index in [0.29, 0.717) is 11.6 Å². The van der Waals surface area contributed by atoms with Crippen LogP contribution in [0.1, 0.15) is 5.56 Å². The highest BCUT2D eigenvalue weighted by molar-refractivity contribution is 6.31. The lowest BCUT2D eigenvalue weighted by molar-refractivity contribution is -0.121. The lowest BCUT2D eigenvalue weighted by Gasteiger charge is -2.11. The van der Waals surface area contributed by atoms with Crippen molar-refractivity contribution >= 4 is 28.5 Å². The maximum atomic E-state index is 12.6. The Bertz CT molecular complexity index is 1090. The third-order valence-corrected chi connectivity index (χ3v) is 4.70. The topological polar surface area (TPSA) is 59.8 Å². The van der Waals surface area contributed by atoms with Gasteiger partial charge in [-0.25, -0.2) is 4.98 Å². The Morgan fingerprint density at radius 1 is 1.00 bits per heavy atom. The summed E-state index contributed by atoms with van der Waals surface area (Å²) in [4.78, 5) is 21.4. The third-order valence-electron chi connectivity index (χ3n) is 4.33. The molecule has 0 aliphatic heterocycles. The van der Waals surface area contributed by atoms with E-state index < -0.39 is 0 Å². The van der Waals surface area contributed by atoms with E-state index in [1.165, 1.54) is 0 Å². The second-order valence-corrected chi connectivity index (χ2v) is 6.52. The molecular formula is C21H17ClN4O. The number of rotatable bonds is 5. The predicted molar refractivity (Wildman–Crippen MR) is 106 cm³/mol. The van der Waals surface area contributed by atoms with Crippen LogP contribution in [-0.4, -0.2) is 20.4 Å². The molecule has 2 heterocycles. The highest BCUT2D eigenvalue weighted by Crippen LogP contribution is 2.24. The fourth-order valence-corrected chi connectivity index (χ4v) is 3.19. The summed E-state index contributed by atoms with van der Waals surface area (Å²) in [5, 5.41) is 3.58. The van der Waals surface area contributed by atoms with E-state index in [4.69, 9.17) is 16.6 Å². The van der Waals surface area contributed by atoms with E-state index in [9.17, 15) is 4.79 Å².